The number of nitrogens with zero attached hydrogens (tertiary/aromatic N) is 2. The van der Waals surface area contributed by atoms with Gasteiger partial charge in [0.1, 0.15) is 17.9 Å². The Morgan fingerprint density at radius 2 is 1.95 bits per heavy atom. The normalized spacial score (nSPS) is 10.7. The van der Waals surface area contributed by atoms with Crippen molar-refractivity contribution in [3.63, 3.8) is 0 Å². The molecule has 4 heteroatoms. The lowest BCUT2D eigenvalue weighted by atomic mass is 9.96. The standard InChI is InChI=1S/C16H21N3O/c1-10(2)14-15(18-9-19-16(14)17-4)12-8-11(3)6-7-13(12)20-5/h6-10H,1-5H3,(H,17,18,19). The lowest BCUT2D eigenvalue weighted by molar-refractivity contribution is 0.416. The van der Waals surface area contributed by atoms with Gasteiger partial charge in [0.2, 0.25) is 0 Å². The zero-order valence-electron chi connectivity index (χ0n) is 12.7. The summed E-state index contributed by atoms with van der Waals surface area (Å²) in [5, 5.41) is 3.15. The van der Waals surface area contributed by atoms with E-state index in [1.54, 1.807) is 13.4 Å². The van der Waals surface area contributed by atoms with Crippen LogP contribution in [0.3, 0.4) is 0 Å². The quantitative estimate of drug-likeness (QED) is 0.922. The fourth-order valence-electron chi connectivity index (χ4n) is 2.36. The van der Waals surface area contributed by atoms with Gasteiger partial charge in [-0.3, -0.25) is 0 Å². The van der Waals surface area contributed by atoms with Gasteiger partial charge in [0.05, 0.1) is 12.8 Å². The predicted octanol–water partition coefficient (Wildman–Crippen LogP) is 3.63. The van der Waals surface area contributed by atoms with Crippen LogP contribution in [0.2, 0.25) is 0 Å². The first-order valence-corrected chi connectivity index (χ1v) is 6.76. The largest absolute Gasteiger partial charge is 0.496 e. The number of methoxy groups -OCH3 is 1. The Labute approximate surface area is 120 Å². The van der Waals surface area contributed by atoms with Crippen molar-refractivity contribution in [3.8, 4) is 17.0 Å². The molecule has 0 aliphatic rings. The molecule has 106 valence electrons. The molecule has 1 aromatic carbocycles. The van der Waals surface area contributed by atoms with E-state index in [0.717, 1.165) is 28.4 Å². The van der Waals surface area contributed by atoms with Gasteiger partial charge in [-0.2, -0.15) is 0 Å². The van der Waals surface area contributed by atoms with Gasteiger partial charge in [-0.1, -0.05) is 25.5 Å². The molecule has 20 heavy (non-hydrogen) atoms. The van der Waals surface area contributed by atoms with Crippen molar-refractivity contribution in [2.24, 2.45) is 0 Å². The maximum absolute atomic E-state index is 5.48. The van der Waals surface area contributed by atoms with Crippen LogP contribution < -0.4 is 10.1 Å². The van der Waals surface area contributed by atoms with Crippen LogP contribution in [0.1, 0.15) is 30.9 Å². The highest BCUT2D eigenvalue weighted by molar-refractivity contribution is 5.74. The number of anilines is 1. The molecule has 0 bridgehead atoms. The van der Waals surface area contributed by atoms with Crippen LogP contribution in [0.4, 0.5) is 5.82 Å². The van der Waals surface area contributed by atoms with Crippen LogP contribution in [-0.2, 0) is 0 Å². The molecule has 0 spiro atoms. The van der Waals surface area contributed by atoms with Crippen molar-refractivity contribution < 1.29 is 4.74 Å². The highest BCUT2D eigenvalue weighted by Crippen LogP contribution is 2.36. The van der Waals surface area contributed by atoms with Crippen LogP contribution in [0.5, 0.6) is 5.75 Å². The number of ether oxygens (including phenoxy) is 1. The Balaban J connectivity index is 2.72. The number of rotatable bonds is 4. The van der Waals surface area contributed by atoms with Crippen molar-refractivity contribution in [1.82, 2.24) is 9.97 Å². The van der Waals surface area contributed by atoms with Gasteiger partial charge >= 0.3 is 0 Å². The molecule has 1 heterocycles. The van der Waals surface area contributed by atoms with Crippen molar-refractivity contribution in [2.45, 2.75) is 26.7 Å². The second kappa shape index (κ2) is 5.90. The van der Waals surface area contributed by atoms with Gasteiger partial charge in [-0.15, -0.1) is 0 Å². The maximum atomic E-state index is 5.48. The third kappa shape index (κ3) is 2.59. The van der Waals surface area contributed by atoms with E-state index >= 15 is 0 Å². The Morgan fingerprint density at radius 1 is 1.20 bits per heavy atom. The molecule has 1 N–H and O–H groups in total. The SMILES string of the molecule is CNc1ncnc(-c2cc(C)ccc2OC)c1C(C)C. The average molecular weight is 271 g/mol. The smallest absolute Gasteiger partial charge is 0.133 e. The second-order valence-corrected chi connectivity index (χ2v) is 5.09. The summed E-state index contributed by atoms with van der Waals surface area (Å²) in [4.78, 5) is 8.82. The molecule has 0 aliphatic carbocycles. The van der Waals surface area contributed by atoms with Crippen molar-refractivity contribution >= 4 is 5.82 Å². The Hall–Kier alpha value is -2.10. The minimum absolute atomic E-state index is 0.318. The average Bonchev–Trinajstić information content (AvgIpc) is 2.46. The van der Waals surface area contributed by atoms with Crippen LogP contribution in [0, 0.1) is 6.92 Å². The minimum atomic E-state index is 0.318. The van der Waals surface area contributed by atoms with E-state index in [1.807, 2.05) is 19.2 Å². The van der Waals surface area contributed by atoms with Crippen molar-refractivity contribution in [1.29, 1.82) is 0 Å². The van der Waals surface area contributed by atoms with Gasteiger partial charge in [-0.05, 0) is 25.0 Å². The van der Waals surface area contributed by atoms with E-state index in [2.05, 4.69) is 42.1 Å². The molecule has 0 aliphatic heterocycles. The second-order valence-electron chi connectivity index (χ2n) is 5.09. The number of aromatic nitrogens is 2. The molecule has 0 unspecified atom stereocenters. The van der Waals surface area contributed by atoms with Crippen molar-refractivity contribution in [3.05, 3.63) is 35.7 Å². The highest BCUT2D eigenvalue weighted by Gasteiger charge is 2.18. The maximum Gasteiger partial charge on any atom is 0.133 e. The monoisotopic (exact) mass is 271 g/mol. The third-order valence-corrected chi connectivity index (χ3v) is 3.31. The zero-order valence-corrected chi connectivity index (χ0v) is 12.7. The molecular weight excluding hydrogens is 250 g/mol. The summed E-state index contributed by atoms with van der Waals surface area (Å²) in [7, 11) is 3.56. The van der Waals surface area contributed by atoms with E-state index in [0.29, 0.717) is 5.92 Å². The van der Waals surface area contributed by atoms with Crippen LogP contribution in [-0.4, -0.2) is 24.1 Å². The predicted molar refractivity (Wildman–Crippen MR) is 82.4 cm³/mol. The van der Waals surface area contributed by atoms with E-state index in [4.69, 9.17) is 4.74 Å². The van der Waals surface area contributed by atoms with Gasteiger partial charge in [0.25, 0.3) is 0 Å². The molecule has 1 aromatic heterocycles. The van der Waals surface area contributed by atoms with E-state index in [1.165, 1.54) is 5.56 Å². The van der Waals surface area contributed by atoms with Gasteiger partial charge < -0.3 is 10.1 Å². The first kappa shape index (κ1) is 14.3. The lowest BCUT2D eigenvalue weighted by Crippen LogP contribution is -2.05. The Bertz CT molecular complexity index is 609. The number of nitrogens with one attached hydrogen (secondary N) is 1. The van der Waals surface area contributed by atoms with Crippen LogP contribution in [0.25, 0.3) is 11.3 Å². The molecule has 0 radical (unpaired) electrons. The summed E-state index contributed by atoms with van der Waals surface area (Å²) in [6.45, 7) is 6.36. The number of benzene rings is 1. The number of aryl methyl sites for hydroxylation is 1. The summed E-state index contributed by atoms with van der Waals surface area (Å²) in [6.07, 6.45) is 1.59. The molecule has 2 aromatic rings. The Morgan fingerprint density at radius 3 is 2.55 bits per heavy atom. The van der Waals surface area contributed by atoms with Gasteiger partial charge in [0, 0.05) is 18.2 Å². The van der Waals surface area contributed by atoms with Crippen LogP contribution >= 0.6 is 0 Å². The molecular formula is C16H21N3O. The summed E-state index contributed by atoms with van der Waals surface area (Å²) in [6, 6.07) is 6.12. The van der Waals surface area contributed by atoms with E-state index < -0.39 is 0 Å². The number of hydrogen-bond acceptors (Lipinski definition) is 4. The zero-order chi connectivity index (χ0) is 14.7. The minimum Gasteiger partial charge on any atom is -0.496 e. The first-order valence-electron chi connectivity index (χ1n) is 6.76. The molecule has 0 saturated carbocycles. The Kier molecular flexibility index (Phi) is 4.23. The molecule has 2 rings (SSSR count). The molecule has 4 nitrogen and oxygen atoms in total. The summed E-state index contributed by atoms with van der Waals surface area (Å²) < 4.78 is 5.48. The third-order valence-electron chi connectivity index (χ3n) is 3.31. The summed E-state index contributed by atoms with van der Waals surface area (Å²) in [5.74, 6) is 2.02. The molecule has 0 atom stereocenters. The summed E-state index contributed by atoms with van der Waals surface area (Å²) in [5.41, 5.74) is 4.23. The van der Waals surface area contributed by atoms with E-state index in [-0.39, 0.29) is 0 Å². The summed E-state index contributed by atoms with van der Waals surface area (Å²) >= 11 is 0. The number of hydrogen-bond donors (Lipinski definition) is 1. The van der Waals surface area contributed by atoms with Gasteiger partial charge in [0.15, 0.2) is 0 Å². The highest BCUT2D eigenvalue weighted by atomic mass is 16.5. The fourth-order valence-corrected chi connectivity index (χ4v) is 2.36. The first-order chi connectivity index (χ1) is 9.58. The van der Waals surface area contributed by atoms with Gasteiger partial charge in [-0.25, -0.2) is 9.97 Å². The fraction of sp³-hybridized carbons (Fsp3) is 0.375. The molecule has 0 fully saturated rings. The van der Waals surface area contributed by atoms with E-state index in [9.17, 15) is 0 Å². The van der Waals surface area contributed by atoms with Crippen molar-refractivity contribution in [2.75, 3.05) is 19.5 Å². The topological polar surface area (TPSA) is 47.0 Å². The van der Waals surface area contributed by atoms with Crippen LogP contribution in [0.15, 0.2) is 24.5 Å². The molecule has 0 amide bonds. The molecule has 0 saturated heterocycles. The lowest BCUT2D eigenvalue weighted by Gasteiger charge is -2.17.